The zero-order chi connectivity index (χ0) is 14.0. The molecule has 1 heterocycles. The summed E-state index contributed by atoms with van der Waals surface area (Å²) < 4.78 is 6.24. The highest BCUT2D eigenvalue weighted by molar-refractivity contribution is 9.10. The van der Waals surface area contributed by atoms with Gasteiger partial charge in [0.05, 0.1) is 10.6 Å². The lowest BCUT2D eigenvalue weighted by Gasteiger charge is -2.08. The second-order valence-corrected chi connectivity index (χ2v) is 5.22. The van der Waals surface area contributed by atoms with Crippen LogP contribution >= 0.6 is 39.1 Å². The maximum absolute atomic E-state index is 10.8. The van der Waals surface area contributed by atoms with E-state index in [9.17, 15) is 4.79 Å². The summed E-state index contributed by atoms with van der Waals surface area (Å²) in [6.07, 6.45) is 1.16. The van der Waals surface area contributed by atoms with Crippen LogP contribution in [0, 0.1) is 0 Å². The number of carboxylic acid groups (broad SMARTS) is 1. The smallest absolute Gasteiger partial charge is 0.337 e. The standard InChI is InChI=1S/C12H6BrCl2NO3/c13-7-1-2-8(14)10(4-7)19-11-9(15)3-6(5-16-11)12(17)18/h1-5H,(H,17,18). The second-order valence-electron chi connectivity index (χ2n) is 3.49. The molecule has 7 heteroatoms. The number of nitrogens with zero attached hydrogens (tertiary/aromatic N) is 1. The molecule has 4 nitrogen and oxygen atoms in total. The molecule has 2 rings (SSSR count). The third-order valence-corrected chi connectivity index (χ3v) is 3.23. The van der Waals surface area contributed by atoms with Crippen LogP contribution in [-0.2, 0) is 0 Å². The van der Waals surface area contributed by atoms with E-state index in [1.807, 2.05) is 0 Å². The van der Waals surface area contributed by atoms with Crippen molar-refractivity contribution in [1.82, 2.24) is 4.98 Å². The molecule has 2 aromatic rings. The number of rotatable bonds is 3. The lowest BCUT2D eigenvalue weighted by molar-refractivity contribution is 0.0696. The fraction of sp³-hybridized carbons (Fsp3) is 0. The van der Waals surface area contributed by atoms with E-state index in [2.05, 4.69) is 20.9 Å². The molecule has 0 aliphatic carbocycles. The molecule has 0 fully saturated rings. The Hall–Kier alpha value is -1.30. The van der Waals surface area contributed by atoms with Gasteiger partial charge in [-0.3, -0.25) is 0 Å². The molecule has 0 amide bonds. The van der Waals surface area contributed by atoms with Crippen LogP contribution < -0.4 is 4.74 Å². The number of benzene rings is 1. The number of pyridine rings is 1. The van der Waals surface area contributed by atoms with Gasteiger partial charge in [0.1, 0.15) is 10.8 Å². The number of hydrogen-bond acceptors (Lipinski definition) is 3. The van der Waals surface area contributed by atoms with Crippen LogP contribution in [0.2, 0.25) is 10.0 Å². The summed E-state index contributed by atoms with van der Waals surface area (Å²) in [5.41, 5.74) is -0.0160. The van der Waals surface area contributed by atoms with Gasteiger partial charge < -0.3 is 9.84 Å². The van der Waals surface area contributed by atoms with E-state index in [4.69, 9.17) is 33.0 Å². The highest BCUT2D eigenvalue weighted by Crippen LogP contribution is 2.34. The van der Waals surface area contributed by atoms with Crippen LogP contribution in [0.3, 0.4) is 0 Å². The van der Waals surface area contributed by atoms with E-state index in [1.165, 1.54) is 6.07 Å². The lowest BCUT2D eigenvalue weighted by Crippen LogP contribution is -1.98. The topological polar surface area (TPSA) is 59.4 Å². The minimum Gasteiger partial charge on any atom is -0.478 e. The third kappa shape index (κ3) is 3.37. The van der Waals surface area contributed by atoms with Gasteiger partial charge in [0.15, 0.2) is 0 Å². The molecule has 1 N–H and O–H groups in total. The average molecular weight is 363 g/mol. The number of carboxylic acids is 1. The zero-order valence-corrected chi connectivity index (χ0v) is 12.3. The second kappa shape index (κ2) is 5.77. The first-order valence-corrected chi connectivity index (χ1v) is 6.54. The summed E-state index contributed by atoms with van der Waals surface area (Å²) in [7, 11) is 0. The minimum absolute atomic E-state index is 0.0160. The van der Waals surface area contributed by atoms with Crippen LogP contribution in [0.4, 0.5) is 0 Å². The Kier molecular flexibility index (Phi) is 4.29. The van der Waals surface area contributed by atoms with E-state index in [-0.39, 0.29) is 16.5 Å². The highest BCUT2D eigenvalue weighted by Gasteiger charge is 2.12. The first-order chi connectivity index (χ1) is 8.97. The van der Waals surface area contributed by atoms with Crippen LogP contribution in [0.5, 0.6) is 11.6 Å². The monoisotopic (exact) mass is 361 g/mol. The van der Waals surface area contributed by atoms with Crippen molar-refractivity contribution < 1.29 is 14.6 Å². The molecule has 0 saturated heterocycles. The molecule has 0 saturated carbocycles. The van der Waals surface area contributed by atoms with Gasteiger partial charge in [-0.1, -0.05) is 39.1 Å². The van der Waals surface area contributed by atoms with Gasteiger partial charge in [-0.05, 0) is 24.3 Å². The molecule has 98 valence electrons. The number of halogens is 3. The molecule has 0 spiro atoms. The molecule has 0 bridgehead atoms. The predicted molar refractivity (Wildman–Crippen MR) is 75.4 cm³/mol. The number of aromatic carboxylic acids is 1. The van der Waals surface area contributed by atoms with Crippen LogP contribution in [0.25, 0.3) is 0 Å². The lowest BCUT2D eigenvalue weighted by atomic mass is 10.3. The third-order valence-electron chi connectivity index (χ3n) is 2.15. The van der Waals surface area contributed by atoms with E-state index in [1.54, 1.807) is 18.2 Å². The molecule has 0 radical (unpaired) electrons. The Morgan fingerprint density at radius 3 is 2.63 bits per heavy atom. The molecule has 19 heavy (non-hydrogen) atoms. The van der Waals surface area contributed by atoms with Crippen molar-refractivity contribution >= 4 is 45.1 Å². The summed E-state index contributed by atoms with van der Waals surface area (Å²) in [4.78, 5) is 14.6. The van der Waals surface area contributed by atoms with Gasteiger partial charge in [-0.2, -0.15) is 0 Å². The van der Waals surface area contributed by atoms with Gasteiger partial charge >= 0.3 is 5.97 Å². The largest absolute Gasteiger partial charge is 0.478 e. The number of aromatic nitrogens is 1. The quantitative estimate of drug-likeness (QED) is 0.863. The Bertz CT molecular complexity index is 649. The highest BCUT2D eigenvalue weighted by atomic mass is 79.9. The Morgan fingerprint density at radius 1 is 1.26 bits per heavy atom. The van der Waals surface area contributed by atoms with Crippen molar-refractivity contribution in [2.45, 2.75) is 0 Å². The number of carbonyl (C=O) groups is 1. The average Bonchev–Trinajstić information content (AvgIpc) is 2.36. The fourth-order valence-electron chi connectivity index (χ4n) is 1.28. The van der Waals surface area contributed by atoms with Crippen molar-refractivity contribution in [3.8, 4) is 11.6 Å². The maximum Gasteiger partial charge on any atom is 0.337 e. The fourth-order valence-corrected chi connectivity index (χ4v) is 1.98. The summed E-state index contributed by atoms with van der Waals surface area (Å²) in [5, 5.41) is 9.29. The molecule has 0 aliphatic rings. The van der Waals surface area contributed by atoms with Crippen molar-refractivity contribution in [2.24, 2.45) is 0 Å². The summed E-state index contributed by atoms with van der Waals surface area (Å²) >= 11 is 15.2. The van der Waals surface area contributed by atoms with Crippen LogP contribution in [-0.4, -0.2) is 16.1 Å². The predicted octanol–water partition coefficient (Wildman–Crippen LogP) is 4.64. The van der Waals surface area contributed by atoms with E-state index in [0.29, 0.717) is 10.8 Å². The molecule has 0 aliphatic heterocycles. The molecule has 1 aromatic carbocycles. The van der Waals surface area contributed by atoms with Crippen molar-refractivity contribution in [3.63, 3.8) is 0 Å². The normalized spacial score (nSPS) is 10.3. The molecule has 0 atom stereocenters. The molecule has 0 unspecified atom stereocenters. The summed E-state index contributed by atoms with van der Waals surface area (Å²) in [6, 6.07) is 6.34. The van der Waals surface area contributed by atoms with E-state index >= 15 is 0 Å². The first kappa shape index (κ1) is 14.1. The van der Waals surface area contributed by atoms with E-state index < -0.39 is 5.97 Å². The van der Waals surface area contributed by atoms with Crippen LogP contribution in [0.15, 0.2) is 34.9 Å². The van der Waals surface area contributed by atoms with Gasteiger partial charge in [0, 0.05) is 10.7 Å². The number of hydrogen-bond donors (Lipinski definition) is 1. The van der Waals surface area contributed by atoms with Crippen molar-refractivity contribution in [2.75, 3.05) is 0 Å². The van der Waals surface area contributed by atoms with Crippen molar-refractivity contribution in [1.29, 1.82) is 0 Å². The van der Waals surface area contributed by atoms with Gasteiger partial charge in [-0.25, -0.2) is 9.78 Å². The summed E-state index contributed by atoms with van der Waals surface area (Å²) in [6.45, 7) is 0. The van der Waals surface area contributed by atoms with Gasteiger partial charge in [0.25, 0.3) is 0 Å². The number of ether oxygens (including phenoxy) is 1. The minimum atomic E-state index is -1.11. The summed E-state index contributed by atoms with van der Waals surface area (Å²) in [5.74, 6) is -0.651. The van der Waals surface area contributed by atoms with E-state index in [0.717, 1.165) is 10.7 Å². The van der Waals surface area contributed by atoms with Crippen LogP contribution in [0.1, 0.15) is 10.4 Å². The SMILES string of the molecule is O=C(O)c1cnc(Oc2cc(Br)ccc2Cl)c(Cl)c1. The molecular weight excluding hydrogens is 357 g/mol. The Morgan fingerprint density at radius 2 is 2.00 bits per heavy atom. The van der Waals surface area contributed by atoms with Gasteiger partial charge in [-0.15, -0.1) is 0 Å². The first-order valence-electron chi connectivity index (χ1n) is 4.99. The Labute approximate surface area is 127 Å². The maximum atomic E-state index is 10.8. The van der Waals surface area contributed by atoms with Crippen molar-refractivity contribution in [3.05, 3.63) is 50.5 Å². The molecule has 1 aromatic heterocycles. The zero-order valence-electron chi connectivity index (χ0n) is 9.23. The molecular formula is C12H6BrCl2NO3. The van der Waals surface area contributed by atoms with Gasteiger partial charge in [0.2, 0.25) is 5.88 Å². The Balaban J connectivity index is 2.33.